The van der Waals surface area contributed by atoms with Crippen molar-refractivity contribution >= 4 is 5.95 Å². The highest BCUT2D eigenvalue weighted by molar-refractivity contribution is 5.56. The maximum absolute atomic E-state index is 5.61. The summed E-state index contributed by atoms with van der Waals surface area (Å²) in [4.78, 5) is 12.1. The Morgan fingerprint density at radius 1 is 1.06 bits per heavy atom. The third-order valence-corrected chi connectivity index (χ3v) is 2.65. The maximum Gasteiger partial charge on any atom is 0.321 e. The van der Waals surface area contributed by atoms with E-state index < -0.39 is 0 Å². The highest BCUT2D eigenvalue weighted by atomic mass is 16.5. The van der Waals surface area contributed by atoms with Gasteiger partial charge in [-0.25, -0.2) is 0 Å². The fraction of sp³-hybridized carbons (Fsp3) is 0.308. The Balaban J connectivity index is 2.39. The van der Waals surface area contributed by atoms with Gasteiger partial charge in [0.2, 0.25) is 5.95 Å². The second-order valence-electron chi connectivity index (χ2n) is 4.28. The summed E-state index contributed by atoms with van der Waals surface area (Å²) < 4.78 is 4.98. The standard InChI is InChI=1S/C13H16N4O/c1-8(2)9-4-6-10(7-5-9)11-15-12(14)17-13(16-11)18-3/h4-8H,1-3H3,(H2,14,15,16,17). The van der Waals surface area contributed by atoms with E-state index in [1.54, 1.807) is 0 Å². The number of nitrogen functional groups attached to an aromatic ring is 1. The molecule has 0 saturated carbocycles. The second kappa shape index (κ2) is 5.00. The van der Waals surface area contributed by atoms with Crippen LogP contribution < -0.4 is 10.5 Å². The maximum atomic E-state index is 5.61. The summed E-state index contributed by atoms with van der Waals surface area (Å²) in [5.74, 6) is 1.18. The van der Waals surface area contributed by atoms with Gasteiger partial charge in [-0.05, 0) is 11.5 Å². The Labute approximate surface area is 106 Å². The normalized spacial score (nSPS) is 10.7. The summed E-state index contributed by atoms with van der Waals surface area (Å²) in [6, 6.07) is 8.30. The van der Waals surface area contributed by atoms with Gasteiger partial charge in [0.1, 0.15) is 0 Å². The van der Waals surface area contributed by atoms with E-state index in [0.29, 0.717) is 11.7 Å². The highest BCUT2D eigenvalue weighted by Crippen LogP contribution is 2.21. The van der Waals surface area contributed by atoms with Crippen LogP contribution in [0.1, 0.15) is 25.3 Å². The SMILES string of the molecule is COc1nc(N)nc(-c2ccc(C(C)C)cc2)n1. The van der Waals surface area contributed by atoms with Crippen molar-refractivity contribution in [3.63, 3.8) is 0 Å². The van der Waals surface area contributed by atoms with Crippen LogP contribution in [-0.4, -0.2) is 22.1 Å². The number of rotatable bonds is 3. The Morgan fingerprint density at radius 3 is 2.28 bits per heavy atom. The molecule has 0 aliphatic heterocycles. The number of anilines is 1. The average molecular weight is 244 g/mol. The van der Waals surface area contributed by atoms with Crippen LogP contribution in [0.3, 0.4) is 0 Å². The molecule has 0 aliphatic carbocycles. The zero-order valence-corrected chi connectivity index (χ0v) is 10.7. The van der Waals surface area contributed by atoms with Gasteiger partial charge in [0.15, 0.2) is 5.82 Å². The minimum absolute atomic E-state index is 0.157. The molecule has 5 heteroatoms. The lowest BCUT2D eigenvalue weighted by molar-refractivity contribution is 0.379. The van der Waals surface area contributed by atoms with E-state index >= 15 is 0 Å². The Morgan fingerprint density at radius 2 is 1.72 bits per heavy atom. The lowest BCUT2D eigenvalue weighted by atomic mass is 10.0. The van der Waals surface area contributed by atoms with Crippen molar-refractivity contribution in [2.24, 2.45) is 0 Å². The van der Waals surface area contributed by atoms with Crippen molar-refractivity contribution in [1.82, 2.24) is 15.0 Å². The Bertz CT molecular complexity index is 537. The molecule has 0 radical (unpaired) electrons. The van der Waals surface area contributed by atoms with Crippen LogP contribution in [0.4, 0.5) is 5.95 Å². The van der Waals surface area contributed by atoms with Crippen LogP contribution in [0.5, 0.6) is 6.01 Å². The minimum atomic E-state index is 0.157. The molecular formula is C13H16N4O. The van der Waals surface area contributed by atoms with Crippen molar-refractivity contribution in [2.75, 3.05) is 12.8 Å². The van der Waals surface area contributed by atoms with Crippen LogP contribution >= 0.6 is 0 Å². The predicted molar refractivity (Wildman–Crippen MR) is 70.3 cm³/mol. The van der Waals surface area contributed by atoms with Gasteiger partial charge in [-0.15, -0.1) is 0 Å². The monoisotopic (exact) mass is 244 g/mol. The summed E-state index contributed by atoms with van der Waals surface area (Å²) in [6.45, 7) is 4.30. The quantitative estimate of drug-likeness (QED) is 0.896. The van der Waals surface area contributed by atoms with Crippen LogP contribution in [0.2, 0.25) is 0 Å². The predicted octanol–water partition coefficient (Wildman–Crippen LogP) is 2.25. The number of benzene rings is 1. The lowest BCUT2D eigenvalue weighted by Gasteiger charge is -2.07. The first-order valence-corrected chi connectivity index (χ1v) is 5.76. The van der Waals surface area contributed by atoms with Crippen molar-refractivity contribution in [3.05, 3.63) is 29.8 Å². The topological polar surface area (TPSA) is 73.9 Å². The van der Waals surface area contributed by atoms with Gasteiger partial charge >= 0.3 is 6.01 Å². The highest BCUT2D eigenvalue weighted by Gasteiger charge is 2.07. The van der Waals surface area contributed by atoms with Gasteiger partial charge in [-0.3, -0.25) is 0 Å². The number of hydrogen-bond acceptors (Lipinski definition) is 5. The first-order valence-electron chi connectivity index (χ1n) is 5.76. The van der Waals surface area contributed by atoms with Gasteiger partial charge < -0.3 is 10.5 Å². The van der Waals surface area contributed by atoms with E-state index in [1.165, 1.54) is 12.7 Å². The number of ether oxygens (including phenoxy) is 1. The van der Waals surface area contributed by atoms with E-state index in [1.807, 2.05) is 12.1 Å². The zero-order chi connectivity index (χ0) is 13.1. The Hall–Kier alpha value is -2.17. The molecule has 2 aromatic rings. The number of nitrogens with zero attached hydrogens (tertiary/aromatic N) is 3. The first-order chi connectivity index (χ1) is 8.60. The van der Waals surface area contributed by atoms with Gasteiger partial charge in [0.25, 0.3) is 0 Å². The van der Waals surface area contributed by atoms with Crippen LogP contribution in [0, 0.1) is 0 Å². The van der Waals surface area contributed by atoms with Crippen molar-refractivity contribution in [2.45, 2.75) is 19.8 Å². The summed E-state index contributed by atoms with van der Waals surface area (Å²) >= 11 is 0. The van der Waals surface area contributed by atoms with Gasteiger partial charge in [-0.1, -0.05) is 38.1 Å². The molecule has 0 bridgehead atoms. The molecule has 5 nitrogen and oxygen atoms in total. The smallest absolute Gasteiger partial charge is 0.321 e. The fourth-order valence-electron chi connectivity index (χ4n) is 1.61. The molecule has 1 aromatic heterocycles. The summed E-state index contributed by atoms with van der Waals surface area (Å²) in [6.07, 6.45) is 0. The summed E-state index contributed by atoms with van der Waals surface area (Å²) in [5, 5.41) is 0. The van der Waals surface area contributed by atoms with Crippen molar-refractivity contribution in [1.29, 1.82) is 0 Å². The molecule has 0 spiro atoms. The summed E-state index contributed by atoms with van der Waals surface area (Å²) in [5.41, 5.74) is 7.77. The van der Waals surface area contributed by atoms with Gasteiger partial charge in [0, 0.05) is 5.56 Å². The molecule has 18 heavy (non-hydrogen) atoms. The number of aromatic nitrogens is 3. The van der Waals surface area contributed by atoms with E-state index in [0.717, 1.165) is 5.56 Å². The summed E-state index contributed by atoms with van der Waals surface area (Å²) in [7, 11) is 1.50. The third kappa shape index (κ3) is 2.56. The van der Waals surface area contributed by atoms with E-state index in [-0.39, 0.29) is 12.0 Å². The first kappa shape index (κ1) is 12.3. The number of hydrogen-bond donors (Lipinski definition) is 1. The molecule has 0 amide bonds. The molecule has 0 saturated heterocycles. The molecule has 0 aliphatic rings. The Kier molecular flexibility index (Phi) is 3.41. The molecule has 2 rings (SSSR count). The van der Waals surface area contributed by atoms with Gasteiger partial charge in [-0.2, -0.15) is 15.0 Å². The fourth-order valence-corrected chi connectivity index (χ4v) is 1.61. The largest absolute Gasteiger partial charge is 0.467 e. The van der Waals surface area contributed by atoms with Crippen molar-refractivity contribution in [3.8, 4) is 17.4 Å². The van der Waals surface area contributed by atoms with E-state index in [9.17, 15) is 0 Å². The molecular weight excluding hydrogens is 228 g/mol. The molecule has 0 atom stereocenters. The van der Waals surface area contributed by atoms with E-state index in [4.69, 9.17) is 10.5 Å². The minimum Gasteiger partial charge on any atom is -0.467 e. The molecule has 0 unspecified atom stereocenters. The van der Waals surface area contributed by atoms with Crippen LogP contribution in [0.25, 0.3) is 11.4 Å². The zero-order valence-electron chi connectivity index (χ0n) is 10.7. The number of nitrogens with two attached hydrogens (primary N) is 1. The van der Waals surface area contributed by atoms with E-state index in [2.05, 4.69) is 40.9 Å². The average Bonchev–Trinajstić information content (AvgIpc) is 2.38. The van der Waals surface area contributed by atoms with Crippen molar-refractivity contribution < 1.29 is 4.74 Å². The lowest BCUT2D eigenvalue weighted by Crippen LogP contribution is -2.02. The molecule has 94 valence electrons. The molecule has 1 heterocycles. The van der Waals surface area contributed by atoms with Crippen LogP contribution in [-0.2, 0) is 0 Å². The molecule has 0 fully saturated rings. The number of methoxy groups -OCH3 is 1. The molecule has 1 aromatic carbocycles. The van der Waals surface area contributed by atoms with Crippen LogP contribution in [0.15, 0.2) is 24.3 Å². The third-order valence-electron chi connectivity index (χ3n) is 2.65. The van der Waals surface area contributed by atoms with Gasteiger partial charge in [0.05, 0.1) is 7.11 Å². The second-order valence-corrected chi connectivity index (χ2v) is 4.28. The molecule has 2 N–H and O–H groups in total.